The van der Waals surface area contributed by atoms with Crippen LogP contribution in [-0.2, 0) is 0 Å². The molecule has 0 spiro atoms. The van der Waals surface area contributed by atoms with Crippen LogP contribution < -0.4 is 11.1 Å². The van der Waals surface area contributed by atoms with Gasteiger partial charge in [0.05, 0.1) is 16.9 Å². The Bertz CT molecular complexity index is 580. The van der Waals surface area contributed by atoms with Gasteiger partial charge in [0.2, 0.25) is 0 Å². The number of anilines is 2. The molecule has 0 aliphatic heterocycles. The molecule has 0 fully saturated rings. The predicted octanol–water partition coefficient (Wildman–Crippen LogP) is 3.35. The van der Waals surface area contributed by atoms with E-state index in [2.05, 4.69) is 36.1 Å². The molecule has 0 unspecified atom stereocenters. The highest BCUT2D eigenvalue weighted by atomic mass is 15.1. The molecule has 4 heteroatoms. The molecule has 3 N–H and O–H groups in total. The zero-order valence-electron chi connectivity index (χ0n) is 13.3. The number of aromatic nitrogens is 1. The van der Waals surface area contributed by atoms with Crippen molar-refractivity contribution in [3.63, 3.8) is 0 Å². The Morgan fingerprint density at radius 1 is 1.24 bits per heavy atom. The van der Waals surface area contributed by atoms with Gasteiger partial charge in [-0.3, -0.25) is 4.98 Å². The van der Waals surface area contributed by atoms with E-state index in [1.165, 1.54) is 6.42 Å². The summed E-state index contributed by atoms with van der Waals surface area (Å²) in [7, 11) is 2.17. The van der Waals surface area contributed by atoms with Gasteiger partial charge < -0.3 is 16.0 Å². The minimum absolute atomic E-state index is 0.613. The van der Waals surface area contributed by atoms with Gasteiger partial charge in [0.1, 0.15) is 0 Å². The second-order valence-corrected chi connectivity index (χ2v) is 5.81. The van der Waals surface area contributed by atoms with Crippen LogP contribution in [-0.4, -0.2) is 36.1 Å². The number of fused-ring (bicyclic) bond motifs is 1. The molecule has 0 atom stereocenters. The number of hydrogen-bond donors (Lipinski definition) is 2. The highest BCUT2D eigenvalue weighted by Gasteiger charge is 2.05. The summed E-state index contributed by atoms with van der Waals surface area (Å²) in [6.07, 6.45) is 4.12. The number of nitrogens with two attached hydrogens (primary N) is 1. The van der Waals surface area contributed by atoms with E-state index < -0.39 is 0 Å². The number of nitrogens with one attached hydrogen (secondary N) is 1. The molecule has 0 saturated heterocycles. The summed E-state index contributed by atoms with van der Waals surface area (Å²) in [4.78, 5) is 6.69. The maximum absolute atomic E-state index is 6.21. The Morgan fingerprint density at radius 3 is 2.81 bits per heavy atom. The highest BCUT2D eigenvalue weighted by molar-refractivity contribution is 5.96. The topological polar surface area (TPSA) is 54.2 Å². The van der Waals surface area contributed by atoms with Gasteiger partial charge >= 0.3 is 0 Å². The first kappa shape index (κ1) is 15.6. The molecule has 114 valence electrons. The fourth-order valence-electron chi connectivity index (χ4n) is 2.30. The Hall–Kier alpha value is -1.81. The van der Waals surface area contributed by atoms with Crippen LogP contribution in [0.2, 0.25) is 0 Å². The van der Waals surface area contributed by atoms with E-state index in [1.54, 1.807) is 6.20 Å². The quantitative estimate of drug-likeness (QED) is 0.605. The van der Waals surface area contributed by atoms with Gasteiger partial charge in [-0.2, -0.15) is 0 Å². The van der Waals surface area contributed by atoms with Gasteiger partial charge in [0, 0.05) is 24.2 Å². The molecule has 0 amide bonds. The molecule has 1 aromatic carbocycles. The molecule has 2 aromatic rings. The lowest BCUT2D eigenvalue weighted by atomic mass is 10.1. The van der Waals surface area contributed by atoms with Crippen molar-refractivity contribution in [2.75, 3.05) is 31.2 Å². The number of nitrogens with zero attached hydrogens (tertiary/aromatic N) is 2. The van der Waals surface area contributed by atoms with Gasteiger partial charge in [-0.25, -0.2) is 0 Å². The summed E-state index contributed by atoms with van der Waals surface area (Å²) in [6, 6.07) is 8.58. The van der Waals surface area contributed by atoms with Crippen LogP contribution >= 0.6 is 0 Å². The van der Waals surface area contributed by atoms with E-state index in [1.807, 2.05) is 24.3 Å². The summed E-state index contributed by atoms with van der Waals surface area (Å²) in [5.74, 6) is 0. The fraction of sp³-hybridized carbons (Fsp3) is 0.471. The van der Waals surface area contributed by atoms with Gasteiger partial charge in [-0.05, 0) is 64.5 Å². The molecule has 1 heterocycles. The van der Waals surface area contributed by atoms with E-state index in [-0.39, 0.29) is 0 Å². The first-order valence-corrected chi connectivity index (χ1v) is 7.67. The van der Waals surface area contributed by atoms with Crippen molar-refractivity contribution in [3.8, 4) is 0 Å². The van der Waals surface area contributed by atoms with Gasteiger partial charge in [0.25, 0.3) is 0 Å². The second kappa shape index (κ2) is 7.27. The molecular formula is C17H26N4. The number of rotatable bonds is 7. The van der Waals surface area contributed by atoms with Crippen LogP contribution in [0.5, 0.6) is 0 Å². The summed E-state index contributed by atoms with van der Waals surface area (Å²) in [5, 5.41) is 4.45. The average molecular weight is 286 g/mol. The first-order chi connectivity index (χ1) is 10.1. The maximum Gasteiger partial charge on any atom is 0.0724 e. The van der Waals surface area contributed by atoms with E-state index >= 15 is 0 Å². The van der Waals surface area contributed by atoms with E-state index in [4.69, 9.17) is 5.73 Å². The molecule has 0 aliphatic carbocycles. The normalized spacial score (nSPS) is 11.5. The molecule has 1 aromatic heterocycles. The second-order valence-electron chi connectivity index (χ2n) is 5.81. The minimum atomic E-state index is 0.613. The molecule has 0 radical (unpaired) electrons. The number of nitrogen functional groups attached to an aromatic ring is 1. The molecule has 4 nitrogen and oxygen atoms in total. The third-order valence-corrected chi connectivity index (χ3v) is 3.96. The number of benzene rings is 1. The van der Waals surface area contributed by atoms with Crippen molar-refractivity contribution in [3.05, 3.63) is 30.5 Å². The van der Waals surface area contributed by atoms with Crippen LogP contribution in [0.4, 0.5) is 11.4 Å². The van der Waals surface area contributed by atoms with Crippen molar-refractivity contribution in [2.45, 2.75) is 32.7 Å². The van der Waals surface area contributed by atoms with Crippen LogP contribution in [0.3, 0.4) is 0 Å². The fourth-order valence-corrected chi connectivity index (χ4v) is 2.30. The lowest BCUT2D eigenvalue weighted by molar-refractivity contribution is 0.269. The predicted molar refractivity (Wildman–Crippen MR) is 91.6 cm³/mol. The summed E-state index contributed by atoms with van der Waals surface area (Å²) in [5.41, 5.74) is 8.95. The summed E-state index contributed by atoms with van der Waals surface area (Å²) >= 11 is 0. The van der Waals surface area contributed by atoms with Crippen LogP contribution in [0.15, 0.2) is 30.5 Å². The monoisotopic (exact) mass is 286 g/mol. The van der Waals surface area contributed by atoms with Gasteiger partial charge in [-0.1, -0.05) is 0 Å². The Kier molecular flexibility index (Phi) is 5.39. The molecule has 0 bridgehead atoms. The number of pyridine rings is 1. The van der Waals surface area contributed by atoms with Crippen molar-refractivity contribution >= 4 is 22.3 Å². The van der Waals surface area contributed by atoms with Crippen LogP contribution in [0.1, 0.15) is 26.7 Å². The van der Waals surface area contributed by atoms with Crippen molar-refractivity contribution in [1.82, 2.24) is 9.88 Å². The van der Waals surface area contributed by atoms with E-state index in [0.717, 1.165) is 41.8 Å². The molecular weight excluding hydrogens is 260 g/mol. The average Bonchev–Trinajstić information content (AvgIpc) is 2.49. The standard InChI is InChI=1S/C17H26N4/c1-13(2)21(3)12-5-4-10-20-16-9-8-15-14(17(16)18)7-6-11-19-15/h6-9,11,13,20H,4-5,10,12,18H2,1-3H3. The van der Waals surface area contributed by atoms with Crippen molar-refractivity contribution in [2.24, 2.45) is 0 Å². The Labute approximate surface area is 127 Å². The molecule has 0 aliphatic rings. The number of hydrogen-bond acceptors (Lipinski definition) is 4. The first-order valence-electron chi connectivity index (χ1n) is 7.67. The largest absolute Gasteiger partial charge is 0.397 e. The van der Waals surface area contributed by atoms with Crippen LogP contribution in [0.25, 0.3) is 10.9 Å². The number of unbranched alkanes of at least 4 members (excludes halogenated alkanes) is 1. The lowest BCUT2D eigenvalue weighted by Crippen LogP contribution is -2.27. The molecule has 21 heavy (non-hydrogen) atoms. The zero-order valence-corrected chi connectivity index (χ0v) is 13.3. The highest BCUT2D eigenvalue weighted by Crippen LogP contribution is 2.27. The molecule has 0 saturated carbocycles. The van der Waals surface area contributed by atoms with Crippen LogP contribution in [0, 0.1) is 0 Å². The SMILES string of the molecule is CC(C)N(C)CCCCNc1ccc2ncccc2c1N. The molecule has 2 rings (SSSR count). The van der Waals surface area contributed by atoms with Gasteiger partial charge in [0.15, 0.2) is 0 Å². The summed E-state index contributed by atoms with van der Waals surface area (Å²) in [6.45, 7) is 6.53. The minimum Gasteiger partial charge on any atom is -0.397 e. The third kappa shape index (κ3) is 4.08. The summed E-state index contributed by atoms with van der Waals surface area (Å²) < 4.78 is 0. The van der Waals surface area contributed by atoms with Crippen molar-refractivity contribution in [1.29, 1.82) is 0 Å². The maximum atomic E-state index is 6.21. The lowest BCUT2D eigenvalue weighted by Gasteiger charge is -2.20. The van der Waals surface area contributed by atoms with E-state index in [0.29, 0.717) is 6.04 Å². The third-order valence-electron chi connectivity index (χ3n) is 3.96. The van der Waals surface area contributed by atoms with E-state index in [9.17, 15) is 0 Å². The smallest absolute Gasteiger partial charge is 0.0724 e. The van der Waals surface area contributed by atoms with Gasteiger partial charge in [-0.15, -0.1) is 0 Å². The van der Waals surface area contributed by atoms with Crippen molar-refractivity contribution < 1.29 is 0 Å². The zero-order chi connectivity index (χ0) is 15.2. The Morgan fingerprint density at radius 2 is 2.05 bits per heavy atom. The Balaban J connectivity index is 1.85.